The Morgan fingerprint density at radius 1 is 1.11 bits per heavy atom. The molecule has 1 aliphatic heterocycles. The van der Waals surface area contributed by atoms with Gasteiger partial charge in [0.05, 0.1) is 4.90 Å². The fourth-order valence-corrected chi connectivity index (χ4v) is 4.47. The summed E-state index contributed by atoms with van der Waals surface area (Å²) < 4.78 is 25.1. The molecule has 2 heterocycles. The zero-order valence-electron chi connectivity index (χ0n) is 16.4. The van der Waals surface area contributed by atoms with E-state index in [-0.39, 0.29) is 17.0 Å². The molecule has 3 rings (SSSR count). The predicted octanol–water partition coefficient (Wildman–Crippen LogP) is 3.31. The second-order valence-electron chi connectivity index (χ2n) is 6.64. The van der Waals surface area contributed by atoms with Crippen LogP contribution in [-0.4, -0.2) is 43.4 Å². The molecule has 1 aliphatic rings. The summed E-state index contributed by atoms with van der Waals surface area (Å²) in [4.78, 5) is 6.54. The third-order valence-electron chi connectivity index (χ3n) is 4.83. The van der Waals surface area contributed by atoms with Gasteiger partial charge in [-0.2, -0.15) is 0 Å². The summed E-state index contributed by atoms with van der Waals surface area (Å²) in [6, 6.07) is 11.8. The summed E-state index contributed by atoms with van der Waals surface area (Å²) in [7, 11) is -3.94. The van der Waals surface area contributed by atoms with Crippen molar-refractivity contribution < 1.29 is 13.4 Å². The molecule has 1 fully saturated rings. The summed E-state index contributed by atoms with van der Waals surface area (Å²) in [6.07, 6.45) is 4.65. The first-order valence-corrected chi connectivity index (χ1v) is 11.1. The maximum atomic E-state index is 12.5. The molecule has 2 aromatic rings. The zero-order valence-corrected chi connectivity index (χ0v) is 17.2. The molecule has 7 heteroatoms. The van der Waals surface area contributed by atoms with Crippen LogP contribution in [0.4, 0.5) is 0 Å². The summed E-state index contributed by atoms with van der Waals surface area (Å²) >= 11 is 0. The van der Waals surface area contributed by atoms with E-state index in [4.69, 9.17) is 0 Å². The number of pyridine rings is 1. The molecule has 0 saturated carbocycles. The first-order valence-electron chi connectivity index (χ1n) is 9.64. The highest BCUT2D eigenvalue weighted by atomic mass is 32.2. The molecule has 146 valence electrons. The topological polar surface area (TPSA) is 70.5 Å². The van der Waals surface area contributed by atoms with Crippen LogP contribution < -0.4 is 0 Å². The van der Waals surface area contributed by atoms with E-state index in [9.17, 15) is 13.4 Å². The number of rotatable bonds is 5. The van der Waals surface area contributed by atoms with Crippen LogP contribution in [0.2, 0.25) is 6.82 Å². The molecule has 0 spiro atoms. The monoisotopic (exact) mass is 388 g/mol. The maximum Gasteiger partial charge on any atom is 0.376 e. The summed E-state index contributed by atoms with van der Waals surface area (Å²) in [5.74, 6) is 0.549. The summed E-state index contributed by atoms with van der Waals surface area (Å²) in [5, 5.41) is 9.70. The highest BCUT2D eigenvalue weighted by Crippen LogP contribution is 2.23. The van der Waals surface area contributed by atoms with E-state index in [0.29, 0.717) is 5.92 Å². The summed E-state index contributed by atoms with van der Waals surface area (Å²) in [6.45, 7) is 7.60. The molecule has 0 bridgehead atoms. The Bertz CT molecular complexity index is 788. The molecule has 1 N–H and O–H groups in total. The van der Waals surface area contributed by atoms with Gasteiger partial charge in [-0.3, -0.25) is 0 Å². The molecule has 1 saturated heterocycles. The lowest BCUT2D eigenvalue weighted by molar-refractivity contribution is 0.250. The van der Waals surface area contributed by atoms with Crippen LogP contribution >= 0.6 is 0 Å². The van der Waals surface area contributed by atoms with Gasteiger partial charge in [0.1, 0.15) is 0 Å². The lowest BCUT2D eigenvalue weighted by Crippen LogP contribution is -2.43. The standard InChI is InChI=1S/C18H23BN2O3S.C2H6/c1-19(22)21-11-9-15(10-12-21)13-16-7-8-18(20-14-16)25(23,24)17-5-3-2-4-6-17;1-2/h2-8,14-15,22H,9-13H2,1H3;1-2H3. The molecule has 27 heavy (non-hydrogen) atoms. The maximum absolute atomic E-state index is 12.5. The predicted molar refractivity (Wildman–Crippen MR) is 109 cm³/mol. The Hall–Kier alpha value is -1.70. The van der Waals surface area contributed by atoms with Crippen molar-refractivity contribution in [3.05, 3.63) is 54.2 Å². The highest BCUT2D eigenvalue weighted by Gasteiger charge is 2.24. The number of hydrogen-bond donors (Lipinski definition) is 1. The van der Waals surface area contributed by atoms with E-state index < -0.39 is 9.84 Å². The van der Waals surface area contributed by atoms with Gasteiger partial charge < -0.3 is 9.83 Å². The minimum absolute atomic E-state index is 0.0892. The van der Waals surface area contributed by atoms with Gasteiger partial charge in [-0.1, -0.05) is 38.1 Å². The van der Waals surface area contributed by atoms with E-state index in [1.54, 1.807) is 49.4 Å². The number of aromatic nitrogens is 1. The molecule has 0 atom stereocenters. The smallest absolute Gasteiger partial charge is 0.376 e. The molecule has 5 nitrogen and oxygen atoms in total. The third kappa shape index (κ3) is 5.64. The molecule has 0 amide bonds. The third-order valence-corrected chi connectivity index (χ3v) is 6.51. The van der Waals surface area contributed by atoms with Crippen molar-refractivity contribution in [1.82, 2.24) is 9.79 Å². The molecule has 0 unspecified atom stereocenters. The first-order chi connectivity index (χ1) is 13.0. The van der Waals surface area contributed by atoms with Gasteiger partial charge in [-0.25, -0.2) is 13.4 Å². The number of hydrogen-bond acceptors (Lipinski definition) is 5. The largest absolute Gasteiger partial charge is 0.437 e. The summed E-state index contributed by atoms with van der Waals surface area (Å²) in [5.41, 5.74) is 1.06. The number of sulfone groups is 1. The number of benzene rings is 1. The van der Waals surface area contributed by atoms with E-state index >= 15 is 0 Å². The Morgan fingerprint density at radius 2 is 1.74 bits per heavy atom. The van der Waals surface area contributed by atoms with Crippen LogP contribution in [0.3, 0.4) is 0 Å². The fraction of sp³-hybridized carbons (Fsp3) is 0.450. The molecule has 1 aromatic heterocycles. The lowest BCUT2D eigenvalue weighted by atomic mass is 9.80. The Labute approximate surface area is 163 Å². The van der Waals surface area contributed by atoms with Crippen molar-refractivity contribution in [3.63, 3.8) is 0 Å². The number of nitrogens with zero attached hydrogens (tertiary/aromatic N) is 2. The van der Waals surface area contributed by atoms with Gasteiger partial charge in [0.15, 0.2) is 5.03 Å². The normalized spacial score (nSPS) is 15.7. The van der Waals surface area contributed by atoms with E-state index in [2.05, 4.69) is 9.79 Å². The van der Waals surface area contributed by atoms with E-state index in [0.717, 1.165) is 37.9 Å². The fourth-order valence-electron chi connectivity index (χ4n) is 3.28. The van der Waals surface area contributed by atoms with Crippen LogP contribution in [0, 0.1) is 5.92 Å². The Balaban J connectivity index is 0.00000126. The average Bonchev–Trinajstić information content (AvgIpc) is 2.71. The van der Waals surface area contributed by atoms with Crippen molar-refractivity contribution in [2.45, 2.75) is 49.9 Å². The lowest BCUT2D eigenvalue weighted by Gasteiger charge is -2.32. The van der Waals surface area contributed by atoms with Gasteiger partial charge in [-0.05, 0) is 68.9 Å². The van der Waals surface area contributed by atoms with Crippen LogP contribution in [0.1, 0.15) is 32.3 Å². The van der Waals surface area contributed by atoms with Crippen molar-refractivity contribution in [2.24, 2.45) is 5.92 Å². The van der Waals surface area contributed by atoms with Gasteiger partial charge in [0, 0.05) is 6.20 Å². The van der Waals surface area contributed by atoms with Gasteiger partial charge in [0.25, 0.3) is 0 Å². The van der Waals surface area contributed by atoms with E-state index in [1.807, 2.05) is 19.9 Å². The molecule has 1 aromatic carbocycles. The van der Waals surface area contributed by atoms with Crippen molar-refractivity contribution >= 4 is 16.9 Å². The van der Waals surface area contributed by atoms with Crippen molar-refractivity contribution in [2.75, 3.05) is 13.1 Å². The van der Waals surface area contributed by atoms with Gasteiger partial charge in [-0.15, -0.1) is 0 Å². The van der Waals surface area contributed by atoms with Crippen molar-refractivity contribution in [3.8, 4) is 0 Å². The van der Waals surface area contributed by atoms with Crippen LogP contribution in [0.5, 0.6) is 0 Å². The molecule has 0 radical (unpaired) electrons. The van der Waals surface area contributed by atoms with Gasteiger partial charge in [0.2, 0.25) is 9.84 Å². The van der Waals surface area contributed by atoms with Crippen molar-refractivity contribution in [1.29, 1.82) is 0 Å². The van der Waals surface area contributed by atoms with Gasteiger partial charge >= 0.3 is 7.05 Å². The van der Waals surface area contributed by atoms with Crippen LogP contribution in [0.25, 0.3) is 0 Å². The first kappa shape index (κ1) is 21.6. The second kappa shape index (κ2) is 10.0. The Kier molecular flexibility index (Phi) is 8.01. The second-order valence-corrected chi connectivity index (χ2v) is 8.53. The molecular formula is C20H29BN2O3S. The van der Waals surface area contributed by atoms with E-state index in [1.165, 1.54) is 0 Å². The zero-order chi connectivity index (χ0) is 19.9. The quantitative estimate of drug-likeness (QED) is 0.796. The highest BCUT2D eigenvalue weighted by molar-refractivity contribution is 7.91. The van der Waals surface area contributed by atoms with Crippen LogP contribution in [-0.2, 0) is 16.3 Å². The SMILES string of the molecule is CB(O)N1CCC(Cc2ccc(S(=O)(=O)c3ccccc3)nc2)CC1.CC. The molecule has 0 aliphatic carbocycles. The number of piperidine rings is 1. The van der Waals surface area contributed by atoms with Crippen LogP contribution in [0.15, 0.2) is 58.6 Å². The Morgan fingerprint density at radius 3 is 2.26 bits per heavy atom. The molecular weight excluding hydrogens is 359 g/mol. The minimum Gasteiger partial charge on any atom is -0.437 e. The average molecular weight is 388 g/mol. The minimum atomic E-state index is -3.55.